The van der Waals surface area contributed by atoms with Crippen LogP contribution in [-0.2, 0) is 0 Å². The normalized spacial score (nSPS) is 9.58. The topological polar surface area (TPSA) is 47.2 Å². The third-order valence-corrected chi connectivity index (χ3v) is 1.76. The highest BCUT2D eigenvalue weighted by Gasteiger charge is 2.07. The molecule has 0 aliphatic rings. The number of methoxy groups -OCH3 is 1. The maximum atomic E-state index is 5.22. The van der Waals surface area contributed by atoms with Crippen molar-refractivity contribution in [3.63, 3.8) is 0 Å². The molecule has 64 valence electrons. The monoisotopic (exact) mass is 165 g/mol. The van der Waals surface area contributed by atoms with Crippen LogP contribution in [0, 0.1) is 13.8 Å². The van der Waals surface area contributed by atoms with Crippen LogP contribution < -0.4 is 10.3 Å². The van der Waals surface area contributed by atoms with Crippen molar-refractivity contribution < 1.29 is 10.3 Å². The SMILES string of the molecule is COc1cc(C)cc(C)c1N=[NH2+]. The Kier molecular flexibility index (Phi) is 2.43. The Morgan fingerprint density at radius 3 is 2.50 bits per heavy atom. The predicted molar refractivity (Wildman–Crippen MR) is 46.5 cm³/mol. The van der Waals surface area contributed by atoms with Gasteiger partial charge in [0.05, 0.1) is 7.11 Å². The van der Waals surface area contributed by atoms with E-state index in [0.29, 0.717) is 0 Å². The van der Waals surface area contributed by atoms with Gasteiger partial charge in [0.15, 0.2) is 11.4 Å². The molecule has 12 heavy (non-hydrogen) atoms. The summed E-state index contributed by atoms with van der Waals surface area (Å²) in [5.41, 5.74) is 8.13. The van der Waals surface area contributed by atoms with E-state index in [1.54, 1.807) is 7.11 Å². The van der Waals surface area contributed by atoms with Crippen molar-refractivity contribution in [3.8, 4) is 5.75 Å². The molecule has 1 aromatic rings. The second-order valence-electron chi connectivity index (χ2n) is 2.76. The molecule has 0 amide bonds. The van der Waals surface area contributed by atoms with Gasteiger partial charge in [0.1, 0.15) is 0 Å². The summed E-state index contributed by atoms with van der Waals surface area (Å²) in [4.78, 5) is 0. The summed E-state index contributed by atoms with van der Waals surface area (Å²) in [6.45, 7) is 3.97. The van der Waals surface area contributed by atoms with Crippen LogP contribution in [0.2, 0.25) is 0 Å². The number of nitrogens with two attached hydrogens (primary N) is 1. The van der Waals surface area contributed by atoms with Crippen LogP contribution in [0.25, 0.3) is 0 Å². The van der Waals surface area contributed by atoms with E-state index < -0.39 is 0 Å². The Morgan fingerprint density at radius 2 is 2.00 bits per heavy atom. The zero-order valence-corrected chi connectivity index (χ0v) is 7.59. The van der Waals surface area contributed by atoms with Crippen LogP contribution in [0.1, 0.15) is 11.1 Å². The third-order valence-electron chi connectivity index (χ3n) is 1.76. The Labute approximate surface area is 71.9 Å². The van der Waals surface area contributed by atoms with Crippen molar-refractivity contribution >= 4 is 5.69 Å². The molecule has 3 heteroatoms. The highest BCUT2D eigenvalue weighted by molar-refractivity contribution is 5.58. The maximum Gasteiger partial charge on any atom is 0.174 e. The fraction of sp³-hybridized carbons (Fsp3) is 0.333. The zero-order chi connectivity index (χ0) is 9.14. The standard InChI is InChI=1S/C9H12N2O/c1-6-4-7(2)9(11-10)8(5-6)12-3/h4-5,10H,1-3H3/p+1. The first-order valence-electron chi connectivity index (χ1n) is 3.75. The number of nitrogens with zero attached hydrogens (tertiary/aromatic N) is 1. The summed E-state index contributed by atoms with van der Waals surface area (Å²) in [5.74, 6) is 0.731. The molecule has 0 fully saturated rings. The molecule has 1 aromatic carbocycles. The van der Waals surface area contributed by atoms with Crippen LogP contribution >= 0.6 is 0 Å². The fourth-order valence-electron chi connectivity index (χ4n) is 1.24. The molecule has 0 unspecified atom stereocenters. The van der Waals surface area contributed by atoms with Crippen molar-refractivity contribution in [1.29, 1.82) is 0 Å². The molecule has 0 aliphatic heterocycles. The first-order valence-corrected chi connectivity index (χ1v) is 3.75. The molecule has 0 saturated carbocycles. The predicted octanol–water partition coefficient (Wildman–Crippen LogP) is 1.15. The van der Waals surface area contributed by atoms with Crippen molar-refractivity contribution in [1.82, 2.24) is 0 Å². The van der Waals surface area contributed by atoms with Crippen LogP contribution in [0.4, 0.5) is 5.69 Å². The minimum absolute atomic E-state index is 0.725. The molecular formula is C9H13N2O+. The van der Waals surface area contributed by atoms with Gasteiger partial charge in [0.2, 0.25) is 0 Å². The lowest BCUT2D eigenvalue weighted by molar-refractivity contribution is -0.210. The molecule has 0 aromatic heterocycles. The molecule has 0 heterocycles. The molecule has 0 aliphatic carbocycles. The lowest BCUT2D eigenvalue weighted by atomic mass is 10.1. The molecule has 2 N–H and O–H groups in total. The van der Waals surface area contributed by atoms with E-state index in [9.17, 15) is 0 Å². The molecule has 0 radical (unpaired) electrons. The highest BCUT2D eigenvalue weighted by atomic mass is 16.5. The van der Waals surface area contributed by atoms with Gasteiger partial charge in [-0.25, -0.2) is 0 Å². The Hall–Kier alpha value is -1.38. The third kappa shape index (κ3) is 1.44. The summed E-state index contributed by atoms with van der Waals surface area (Å²) in [6.07, 6.45) is 0. The van der Waals surface area contributed by atoms with Gasteiger partial charge in [-0.15, -0.1) is 0 Å². The molecule has 0 atom stereocenters. The second kappa shape index (κ2) is 3.34. The number of benzene rings is 1. The second-order valence-corrected chi connectivity index (χ2v) is 2.76. The Bertz CT molecular complexity index is 308. The van der Waals surface area contributed by atoms with Gasteiger partial charge < -0.3 is 4.74 Å². The average Bonchev–Trinajstić information content (AvgIpc) is 2.03. The van der Waals surface area contributed by atoms with E-state index in [1.807, 2.05) is 26.0 Å². The van der Waals surface area contributed by atoms with Gasteiger partial charge in [0, 0.05) is 0 Å². The van der Waals surface area contributed by atoms with E-state index in [2.05, 4.69) is 5.11 Å². The first kappa shape index (κ1) is 8.71. The fourth-order valence-corrected chi connectivity index (χ4v) is 1.24. The van der Waals surface area contributed by atoms with Gasteiger partial charge in [0.25, 0.3) is 0 Å². The first-order chi connectivity index (χ1) is 5.69. The largest absolute Gasteiger partial charge is 0.494 e. The summed E-state index contributed by atoms with van der Waals surface area (Å²) >= 11 is 0. The van der Waals surface area contributed by atoms with E-state index >= 15 is 0 Å². The van der Waals surface area contributed by atoms with E-state index in [4.69, 9.17) is 10.3 Å². The minimum Gasteiger partial charge on any atom is -0.494 e. The number of hydrogen-bond donors (Lipinski definition) is 1. The lowest BCUT2D eigenvalue weighted by Gasteiger charge is -2.05. The van der Waals surface area contributed by atoms with Crippen LogP contribution in [0.3, 0.4) is 0 Å². The number of hydrogen-bond acceptors (Lipinski definition) is 2. The van der Waals surface area contributed by atoms with Gasteiger partial charge in [-0.1, -0.05) is 6.07 Å². The Balaban J connectivity index is 3.33. The average molecular weight is 165 g/mol. The van der Waals surface area contributed by atoms with Crippen molar-refractivity contribution in [2.45, 2.75) is 13.8 Å². The van der Waals surface area contributed by atoms with Gasteiger partial charge in [-0.3, -0.25) is 0 Å². The molecule has 1 rings (SSSR count). The van der Waals surface area contributed by atoms with E-state index in [0.717, 1.165) is 22.6 Å². The van der Waals surface area contributed by atoms with Gasteiger partial charge in [-0.05, 0) is 36.2 Å². The summed E-state index contributed by atoms with van der Waals surface area (Å²) in [6, 6.07) is 3.94. The van der Waals surface area contributed by atoms with Crippen LogP contribution in [-0.4, -0.2) is 7.11 Å². The molecule has 0 saturated heterocycles. The van der Waals surface area contributed by atoms with Crippen molar-refractivity contribution in [3.05, 3.63) is 23.3 Å². The van der Waals surface area contributed by atoms with Gasteiger partial charge >= 0.3 is 0 Å². The smallest absolute Gasteiger partial charge is 0.174 e. The van der Waals surface area contributed by atoms with Crippen LogP contribution in [0.15, 0.2) is 17.2 Å². The van der Waals surface area contributed by atoms with Crippen molar-refractivity contribution in [2.24, 2.45) is 5.11 Å². The highest BCUT2D eigenvalue weighted by Crippen LogP contribution is 2.30. The molecule has 0 bridgehead atoms. The van der Waals surface area contributed by atoms with E-state index in [-0.39, 0.29) is 0 Å². The molecule has 0 spiro atoms. The van der Waals surface area contributed by atoms with Gasteiger partial charge in [-0.2, -0.15) is 5.53 Å². The van der Waals surface area contributed by atoms with Crippen molar-refractivity contribution in [2.75, 3.05) is 7.11 Å². The molecular weight excluding hydrogens is 152 g/mol. The maximum absolute atomic E-state index is 5.22. The van der Waals surface area contributed by atoms with E-state index in [1.165, 1.54) is 0 Å². The summed E-state index contributed by atoms with van der Waals surface area (Å²) in [7, 11) is 1.61. The number of aryl methyl sites for hydroxylation is 2. The quantitative estimate of drug-likeness (QED) is 0.656. The lowest BCUT2D eigenvalue weighted by Crippen LogP contribution is -2.22. The molecule has 3 nitrogen and oxygen atoms in total. The number of ether oxygens (including phenoxy) is 1. The Morgan fingerprint density at radius 1 is 1.33 bits per heavy atom. The summed E-state index contributed by atoms with van der Waals surface area (Å²) < 4.78 is 5.12. The van der Waals surface area contributed by atoms with Crippen LogP contribution in [0.5, 0.6) is 5.75 Å². The minimum atomic E-state index is 0.725. The number of rotatable bonds is 2. The zero-order valence-electron chi connectivity index (χ0n) is 7.59. The summed E-state index contributed by atoms with van der Waals surface area (Å²) in [5, 5.41) is 3.66.